The third-order valence-corrected chi connectivity index (χ3v) is 4.92. The lowest BCUT2D eigenvalue weighted by molar-refractivity contribution is 0.531. The van der Waals surface area contributed by atoms with E-state index in [1.54, 1.807) is 20.8 Å². The van der Waals surface area contributed by atoms with Gasteiger partial charge in [0.15, 0.2) is 0 Å². The van der Waals surface area contributed by atoms with Gasteiger partial charge in [-0.1, -0.05) is 12.2 Å². The molecule has 1 atom stereocenters. The Kier molecular flexibility index (Phi) is 3.42. The van der Waals surface area contributed by atoms with Crippen LogP contribution in [0, 0.1) is 5.92 Å². The highest BCUT2D eigenvalue weighted by Gasteiger charge is 2.39. The van der Waals surface area contributed by atoms with Crippen LogP contribution >= 0.6 is 12.2 Å². The second kappa shape index (κ2) is 3.99. The molecule has 0 amide bonds. The van der Waals surface area contributed by atoms with Crippen molar-refractivity contribution in [1.29, 1.82) is 0 Å². The molecule has 1 aliphatic carbocycles. The highest BCUT2D eigenvalue weighted by atomic mass is 32.2. The Labute approximate surface area is 96.7 Å². The van der Waals surface area contributed by atoms with E-state index in [4.69, 9.17) is 18.0 Å². The molecule has 0 aromatic heterocycles. The predicted octanol–water partition coefficient (Wildman–Crippen LogP) is 0.769. The van der Waals surface area contributed by atoms with Crippen molar-refractivity contribution < 1.29 is 8.42 Å². The van der Waals surface area contributed by atoms with Gasteiger partial charge in [0.25, 0.3) is 0 Å². The first kappa shape index (κ1) is 12.9. The molecular formula is C9H18N2O2S2. The molecule has 1 fully saturated rings. The lowest BCUT2D eigenvalue weighted by atomic mass is 10.2. The first-order valence-corrected chi connectivity index (χ1v) is 6.85. The average molecular weight is 250 g/mol. The summed E-state index contributed by atoms with van der Waals surface area (Å²) in [6, 6.07) is -0.371. The van der Waals surface area contributed by atoms with Gasteiger partial charge in [-0.2, -0.15) is 0 Å². The average Bonchev–Trinajstić information content (AvgIpc) is 2.79. The largest absolute Gasteiger partial charge is 0.392 e. The minimum absolute atomic E-state index is 0.241. The van der Waals surface area contributed by atoms with Gasteiger partial charge in [-0.25, -0.2) is 13.1 Å². The van der Waals surface area contributed by atoms with Crippen LogP contribution in [0.1, 0.15) is 33.6 Å². The summed E-state index contributed by atoms with van der Waals surface area (Å²) in [5, 5.41) is 0. The quantitative estimate of drug-likeness (QED) is 0.723. The molecule has 0 bridgehead atoms. The molecule has 0 saturated heterocycles. The predicted molar refractivity (Wildman–Crippen MR) is 65.1 cm³/mol. The molecule has 0 aromatic rings. The Morgan fingerprint density at radius 2 is 1.93 bits per heavy atom. The number of thiocarbonyl (C=S) groups is 1. The van der Waals surface area contributed by atoms with E-state index in [1.165, 1.54) is 0 Å². The molecule has 4 nitrogen and oxygen atoms in total. The van der Waals surface area contributed by atoms with E-state index < -0.39 is 14.8 Å². The number of sulfonamides is 1. The zero-order valence-electron chi connectivity index (χ0n) is 9.28. The molecule has 0 heterocycles. The Bertz CT molecular complexity index is 353. The van der Waals surface area contributed by atoms with Gasteiger partial charge in [0.2, 0.25) is 10.0 Å². The summed E-state index contributed by atoms with van der Waals surface area (Å²) < 4.78 is 25.5. The van der Waals surface area contributed by atoms with Gasteiger partial charge < -0.3 is 5.73 Å². The third kappa shape index (κ3) is 3.12. The van der Waals surface area contributed by atoms with E-state index in [9.17, 15) is 8.42 Å². The molecule has 1 rings (SSSR count). The van der Waals surface area contributed by atoms with Crippen LogP contribution in [0.25, 0.3) is 0 Å². The molecule has 6 heteroatoms. The van der Waals surface area contributed by atoms with E-state index in [0.717, 1.165) is 12.8 Å². The van der Waals surface area contributed by atoms with Crippen molar-refractivity contribution in [2.45, 2.75) is 44.4 Å². The molecule has 1 saturated carbocycles. The number of nitrogens with one attached hydrogen (secondary N) is 1. The highest BCUT2D eigenvalue weighted by Crippen LogP contribution is 2.33. The van der Waals surface area contributed by atoms with Crippen molar-refractivity contribution in [3.8, 4) is 0 Å². The van der Waals surface area contributed by atoms with Crippen LogP contribution in [0.3, 0.4) is 0 Å². The van der Waals surface area contributed by atoms with Crippen LogP contribution in [-0.2, 0) is 10.0 Å². The van der Waals surface area contributed by atoms with Crippen molar-refractivity contribution in [3.05, 3.63) is 0 Å². The van der Waals surface area contributed by atoms with Crippen molar-refractivity contribution in [3.63, 3.8) is 0 Å². The van der Waals surface area contributed by atoms with Crippen LogP contribution < -0.4 is 10.5 Å². The van der Waals surface area contributed by atoms with Crippen LogP contribution in [0.15, 0.2) is 0 Å². The van der Waals surface area contributed by atoms with E-state index in [1.807, 2.05) is 0 Å². The van der Waals surface area contributed by atoms with E-state index in [2.05, 4.69) is 4.72 Å². The molecule has 0 radical (unpaired) electrons. The van der Waals surface area contributed by atoms with Gasteiger partial charge in [0, 0.05) is 0 Å². The van der Waals surface area contributed by atoms with Crippen molar-refractivity contribution in [2.75, 3.05) is 0 Å². The SMILES string of the molecule is CC(C)(C)S(=O)(=O)NC(C(N)=S)C1CC1. The minimum Gasteiger partial charge on any atom is -0.392 e. The second-order valence-corrected chi connectivity index (χ2v) is 7.89. The maximum Gasteiger partial charge on any atom is 0.217 e. The molecule has 0 aliphatic heterocycles. The summed E-state index contributed by atoms with van der Waals surface area (Å²) in [5.41, 5.74) is 5.53. The van der Waals surface area contributed by atoms with Crippen molar-refractivity contribution in [1.82, 2.24) is 4.72 Å². The molecule has 15 heavy (non-hydrogen) atoms. The second-order valence-electron chi connectivity index (χ2n) is 4.95. The Morgan fingerprint density at radius 3 is 2.20 bits per heavy atom. The lowest BCUT2D eigenvalue weighted by Crippen LogP contribution is -2.50. The fourth-order valence-corrected chi connectivity index (χ4v) is 2.49. The molecule has 1 aliphatic rings. The number of hydrogen-bond donors (Lipinski definition) is 2. The molecule has 0 spiro atoms. The number of hydrogen-bond acceptors (Lipinski definition) is 3. The van der Waals surface area contributed by atoms with Crippen LogP contribution in [-0.4, -0.2) is 24.2 Å². The molecule has 1 unspecified atom stereocenters. The summed E-state index contributed by atoms with van der Waals surface area (Å²) in [5.74, 6) is 0.291. The molecule has 88 valence electrons. The van der Waals surface area contributed by atoms with E-state index >= 15 is 0 Å². The molecule has 3 N–H and O–H groups in total. The Morgan fingerprint density at radius 1 is 1.47 bits per heavy atom. The van der Waals surface area contributed by atoms with Crippen molar-refractivity contribution >= 4 is 27.2 Å². The summed E-state index contributed by atoms with van der Waals surface area (Å²) >= 11 is 4.87. The zero-order chi connectivity index (χ0) is 11.9. The molecule has 0 aromatic carbocycles. The van der Waals surface area contributed by atoms with E-state index in [-0.39, 0.29) is 11.0 Å². The van der Waals surface area contributed by atoms with Gasteiger partial charge >= 0.3 is 0 Å². The summed E-state index contributed by atoms with van der Waals surface area (Å²) in [6.45, 7) is 4.95. The van der Waals surface area contributed by atoms with Crippen molar-refractivity contribution in [2.24, 2.45) is 11.7 Å². The van der Waals surface area contributed by atoms with Gasteiger partial charge in [0.1, 0.15) is 0 Å². The fraction of sp³-hybridized carbons (Fsp3) is 0.889. The first-order chi connectivity index (χ1) is 6.65. The normalized spacial score (nSPS) is 19.9. The van der Waals surface area contributed by atoms with Crippen LogP contribution in [0.4, 0.5) is 0 Å². The maximum atomic E-state index is 11.9. The molecular weight excluding hydrogens is 232 g/mol. The van der Waals surface area contributed by atoms with Crippen LogP contribution in [0.5, 0.6) is 0 Å². The smallest absolute Gasteiger partial charge is 0.217 e. The Hall–Kier alpha value is -0.200. The highest BCUT2D eigenvalue weighted by molar-refractivity contribution is 7.91. The standard InChI is InChI=1S/C9H18N2O2S2/c1-9(2,3)15(12,13)11-7(8(10)14)6-4-5-6/h6-7,11H,4-5H2,1-3H3,(H2,10,14). The third-order valence-electron chi connectivity index (χ3n) is 2.49. The lowest BCUT2D eigenvalue weighted by Gasteiger charge is -2.24. The number of rotatable bonds is 4. The van der Waals surface area contributed by atoms with Crippen LogP contribution in [0.2, 0.25) is 0 Å². The van der Waals surface area contributed by atoms with Gasteiger partial charge in [-0.15, -0.1) is 0 Å². The van der Waals surface area contributed by atoms with E-state index in [0.29, 0.717) is 5.92 Å². The monoisotopic (exact) mass is 250 g/mol. The van der Waals surface area contributed by atoms with Gasteiger partial charge in [0.05, 0.1) is 15.8 Å². The summed E-state index contributed by atoms with van der Waals surface area (Å²) in [6.07, 6.45) is 1.99. The Balaban J connectivity index is 2.79. The summed E-state index contributed by atoms with van der Waals surface area (Å²) in [4.78, 5) is 0.241. The number of nitrogens with two attached hydrogens (primary N) is 1. The van der Waals surface area contributed by atoms with Gasteiger partial charge in [-0.3, -0.25) is 0 Å². The van der Waals surface area contributed by atoms with Gasteiger partial charge in [-0.05, 0) is 39.5 Å². The minimum atomic E-state index is -3.36. The topological polar surface area (TPSA) is 72.2 Å². The summed E-state index contributed by atoms with van der Waals surface area (Å²) in [7, 11) is -3.36. The zero-order valence-corrected chi connectivity index (χ0v) is 10.9. The fourth-order valence-electron chi connectivity index (χ4n) is 1.16. The maximum absolute atomic E-state index is 11.9. The first-order valence-electron chi connectivity index (χ1n) is 4.96.